The van der Waals surface area contributed by atoms with Gasteiger partial charge in [-0.3, -0.25) is 4.79 Å². The number of rotatable bonds is 10. The van der Waals surface area contributed by atoms with Gasteiger partial charge in [0.15, 0.2) is 17.6 Å². The number of hydrogen-bond acceptors (Lipinski definition) is 8. The smallest absolute Gasteiger partial charge is 0.340 e. The number of carbonyl (C=O) groups is 1. The molecule has 3 rings (SSSR count). The minimum Gasteiger partial charge on any atom is -0.493 e. The molecule has 0 aliphatic heterocycles. The number of nitrogens with zero attached hydrogens (tertiary/aromatic N) is 2. The van der Waals surface area contributed by atoms with Crippen LogP contribution >= 0.6 is 0 Å². The Morgan fingerprint density at radius 1 is 1.06 bits per heavy atom. The predicted molar refractivity (Wildman–Crippen MR) is 118 cm³/mol. The quantitative estimate of drug-likeness (QED) is 0.349. The lowest BCUT2D eigenvalue weighted by Gasteiger charge is -2.12. The number of benzene rings is 2. The number of esters is 1. The van der Waals surface area contributed by atoms with Crippen molar-refractivity contribution in [2.75, 3.05) is 27.4 Å². The Bertz CT molecular complexity index is 1130. The van der Waals surface area contributed by atoms with Crippen LogP contribution in [0.5, 0.6) is 23.0 Å². The van der Waals surface area contributed by atoms with Crippen LogP contribution in [-0.2, 0) is 16.1 Å². The lowest BCUT2D eigenvalue weighted by molar-refractivity contribution is -0.145. The van der Waals surface area contributed by atoms with Crippen molar-refractivity contribution in [2.24, 2.45) is 0 Å². The van der Waals surface area contributed by atoms with Gasteiger partial charge >= 0.3 is 5.97 Å². The lowest BCUT2D eigenvalue weighted by atomic mass is 10.2. The Balaban J connectivity index is 1.62. The number of carbonyl (C=O) groups excluding carboxylic acids is 1. The third kappa shape index (κ3) is 5.36. The van der Waals surface area contributed by atoms with E-state index in [1.54, 1.807) is 49.5 Å². The summed E-state index contributed by atoms with van der Waals surface area (Å²) in [6.45, 7) is 4.36. The molecule has 1 unspecified atom stereocenters. The number of hydrogen-bond donors (Lipinski definition) is 0. The molecular weight excluding hydrogens is 416 g/mol. The zero-order valence-electron chi connectivity index (χ0n) is 18.5. The summed E-state index contributed by atoms with van der Waals surface area (Å²) in [5, 5.41) is 5.34. The molecule has 9 nitrogen and oxygen atoms in total. The molecule has 1 heterocycles. The second-order valence-electron chi connectivity index (χ2n) is 6.81. The Morgan fingerprint density at radius 3 is 2.38 bits per heavy atom. The van der Waals surface area contributed by atoms with Crippen molar-refractivity contribution >= 4 is 16.7 Å². The maximum atomic E-state index is 12.8. The van der Waals surface area contributed by atoms with Crippen molar-refractivity contribution < 1.29 is 28.5 Å². The van der Waals surface area contributed by atoms with E-state index in [9.17, 15) is 9.59 Å². The molecule has 0 spiro atoms. The van der Waals surface area contributed by atoms with Gasteiger partial charge in [-0.2, -0.15) is 5.10 Å². The Hall–Kier alpha value is -3.59. The van der Waals surface area contributed by atoms with Gasteiger partial charge in [0.25, 0.3) is 5.56 Å². The van der Waals surface area contributed by atoms with Crippen LogP contribution in [-0.4, -0.2) is 49.3 Å². The van der Waals surface area contributed by atoms with Gasteiger partial charge in [-0.1, -0.05) is 0 Å². The van der Waals surface area contributed by atoms with Crippen molar-refractivity contribution in [3.63, 3.8) is 0 Å². The van der Waals surface area contributed by atoms with E-state index in [0.29, 0.717) is 40.4 Å². The average molecular weight is 442 g/mol. The maximum Gasteiger partial charge on any atom is 0.340 e. The van der Waals surface area contributed by atoms with E-state index in [1.165, 1.54) is 18.9 Å². The summed E-state index contributed by atoms with van der Waals surface area (Å²) in [5.74, 6) is 1.51. The van der Waals surface area contributed by atoms with E-state index < -0.39 is 12.1 Å². The number of fused-ring (bicyclic) bond motifs is 1. The molecule has 9 heteroatoms. The first-order valence-corrected chi connectivity index (χ1v) is 10.1. The van der Waals surface area contributed by atoms with Crippen LogP contribution in [0.4, 0.5) is 0 Å². The van der Waals surface area contributed by atoms with Gasteiger partial charge in [-0.15, -0.1) is 0 Å². The Morgan fingerprint density at radius 2 is 1.72 bits per heavy atom. The normalized spacial score (nSPS) is 11.8. The average Bonchev–Trinajstić information content (AvgIpc) is 2.81. The van der Waals surface area contributed by atoms with Gasteiger partial charge in [0.2, 0.25) is 0 Å². The monoisotopic (exact) mass is 442 g/mol. The van der Waals surface area contributed by atoms with Crippen LogP contribution in [0, 0.1) is 0 Å². The molecule has 3 aromatic rings. The van der Waals surface area contributed by atoms with Crippen LogP contribution in [0.3, 0.4) is 0 Å². The summed E-state index contributed by atoms with van der Waals surface area (Å²) >= 11 is 0. The van der Waals surface area contributed by atoms with Crippen molar-refractivity contribution in [2.45, 2.75) is 26.5 Å². The van der Waals surface area contributed by atoms with Crippen molar-refractivity contribution in [3.8, 4) is 23.0 Å². The van der Waals surface area contributed by atoms with Gasteiger partial charge < -0.3 is 23.7 Å². The number of ether oxygens (including phenoxy) is 5. The largest absolute Gasteiger partial charge is 0.493 e. The molecule has 0 amide bonds. The van der Waals surface area contributed by atoms with Crippen molar-refractivity contribution in [1.29, 1.82) is 0 Å². The van der Waals surface area contributed by atoms with Crippen LogP contribution in [0.1, 0.15) is 13.8 Å². The summed E-state index contributed by atoms with van der Waals surface area (Å²) < 4.78 is 28.0. The van der Waals surface area contributed by atoms with Crippen LogP contribution in [0.2, 0.25) is 0 Å². The number of methoxy groups -OCH3 is 2. The second kappa shape index (κ2) is 10.6. The Kier molecular flexibility index (Phi) is 7.67. The molecule has 2 aromatic carbocycles. The summed E-state index contributed by atoms with van der Waals surface area (Å²) in [6.07, 6.45) is 0.968. The first-order chi connectivity index (χ1) is 15.5. The van der Waals surface area contributed by atoms with E-state index in [4.69, 9.17) is 23.7 Å². The van der Waals surface area contributed by atoms with Gasteiger partial charge in [0, 0.05) is 12.0 Å². The fourth-order valence-corrected chi connectivity index (χ4v) is 3.04. The van der Waals surface area contributed by atoms with Crippen LogP contribution in [0.25, 0.3) is 10.8 Å². The van der Waals surface area contributed by atoms with E-state index in [-0.39, 0.29) is 18.7 Å². The predicted octanol–water partition coefficient (Wildman–Crippen LogP) is 2.82. The minimum absolute atomic E-state index is 0.228. The fourth-order valence-electron chi connectivity index (χ4n) is 3.04. The molecule has 0 fully saturated rings. The van der Waals surface area contributed by atoms with E-state index in [2.05, 4.69) is 5.10 Å². The molecular formula is C23H26N2O7. The molecule has 0 saturated carbocycles. The molecule has 0 N–H and O–H groups in total. The SMILES string of the molecule is CCOC(C)C(=O)Oc1ccc(OCCn2ncc3cc(OC)c(OC)cc3c2=O)cc1. The molecule has 0 saturated heterocycles. The first kappa shape index (κ1) is 23.1. The first-order valence-electron chi connectivity index (χ1n) is 10.1. The maximum absolute atomic E-state index is 12.8. The highest BCUT2D eigenvalue weighted by atomic mass is 16.6. The second-order valence-corrected chi connectivity index (χ2v) is 6.81. The third-order valence-electron chi connectivity index (χ3n) is 4.72. The molecule has 170 valence electrons. The highest BCUT2D eigenvalue weighted by Gasteiger charge is 2.15. The van der Waals surface area contributed by atoms with Gasteiger partial charge in [0.1, 0.15) is 18.1 Å². The molecule has 0 radical (unpaired) electrons. The lowest BCUT2D eigenvalue weighted by Crippen LogP contribution is -2.26. The third-order valence-corrected chi connectivity index (χ3v) is 4.72. The molecule has 0 aliphatic carbocycles. The zero-order valence-corrected chi connectivity index (χ0v) is 18.5. The van der Waals surface area contributed by atoms with Gasteiger partial charge in [0.05, 0.1) is 32.3 Å². The molecule has 32 heavy (non-hydrogen) atoms. The van der Waals surface area contributed by atoms with Crippen LogP contribution < -0.4 is 24.5 Å². The summed E-state index contributed by atoms with van der Waals surface area (Å²) in [5.41, 5.74) is -0.252. The minimum atomic E-state index is -0.634. The van der Waals surface area contributed by atoms with Gasteiger partial charge in [-0.25, -0.2) is 9.48 Å². The van der Waals surface area contributed by atoms with Crippen molar-refractivity contribution in [1.82, 2.24) is 9.78 Å². The molecule has 1 aromatic heterocycles. The fraction of sp³-hybridized carbons (Fsp3) is 0.348. The topological polar surface area (TPSA) is 98.1 Å². The standard InChI is InChI=1S/C23H26N2O7/c1-5-30-15(2)23(27)32-18-8-6-17(7-9-18)31-11-10-25-22(26)19-13-21(29-4)20(28-3)12-16(19)14-24-25/h6-9,12-15H,5,10-11H2,1-4H3. The summed E-state index contributed by atoms with van der Waals surface area (Å²) in [7, 11) is 3.05. The highest BCUT2D eigenvalue weighted by Crippen LogP contribution is 2.30. The Labute approximate surface area is 185 Å². The zero-order chi connectivity index (χ0) is 23.1. The molecule has 0 aliphatic rings. The highest BCUT2D eigenvalue weighted by molar-refractivity contribution is 5.84. The molecule has 1 atom stereocenters. The number of aromatic nitrogens is 2. The summed E-state index contributed by atoms with van der Waals surface area (Å²) in [4.78, 5) is 24.7. The van der Waals surface area contributed by atoms with E-state index >= 15 is 0 Å². The van der Waals surface area contributed by atoms with Crippen molar-refractivity contribution in [3.05, 3.63) is 52.9 Å². The molecule has 0 bridgehead atoms. The van der Waals surface area contributed by atoms with Gasteiger partial charge in [-0.05, 0) is 50.2 Å². The van der Waals surface area contributed by atoms with E-state index in [1.807, 2.05) is 6.92 Å². The van der Waals surface area contributed by atoms with E-state index in [0.717, 1.165) is 0 Å². The summed E-state index contributed by atoms with van der Waals surface area (Å²) in [6, 6.07) is 9.98. The van der Waals surface area contributed by atoms with Crippen LogP contribution in [0.15, 0.2) is 47.4 Å².